The molecule has 0 unspecified atom stereocenters. The van der Waals surface area contributed by atoms with Crippen molar-refractivity contribution < 1.29 is 19.1 Å². The number of pyridine rings is 1. The van der Waals surface area contributed by atoms with Crippen LogP contribution in [0.4, 0.5) is 4.79 Å². The van der Waals surface area contributed by atoms with Gasteiger partial charge in [-0.25, -0.2) is 9.59 Å². The summed E-state index contributed by atoms with van der Waals surface area (Å²) in [6, 6.07) is 0.843. The molecule has 0 fully saturated rings. The van der Waals surface area contributed by atoms with Gasteiger partial charge in [0, 0.05) is 23.9 Å². The van der Waals surface area contributed by atoms with Crippen LogP contribution in [-0.2, 0) is 9.53 Å². The lowest BCUT2D eigenvalue weighted by Crippen LogP contribution is -2.43. The SMILES string of the molecule is CNC(=O)NC(=O)[C@H](C)OC(=O)c1cncc(Br)c1. The summed E-state index contributed by atoms with van der Waals surface area (Å²) < 4.78 is 5.52. The average molecular weight is 330 g/mol. The van der Waals surface area contributed by atoms with Gasteiger partial charge >= 0.3 is 12.0 Å². The normalized spacial score (nSPS) is 11.3. The lowest BCUT2D eigenvalue weighted by Gasteiger charge is -2.12. The van der Waals surface area contributed by atoms with Crippen molar-refractivity contribution in [3.05, 3.63) is 28.5 Å². The van der Waals surface area contributed by atoms with Crippen LogP contribution in [0.1, 0.15) is 17.3 Å². The number of rotatable bonds is 3. The molecule has 0 aliphatic carbocycles. The Morgan fingerprint density at radius 1 is 1.37 bits per heavy atom. The third-order valence-electron chi connectivity index (χ3n) is 2.06. The minimum absolute atomic E-state index is 0.203. The van der Waals surface area contributed by atoms with E-state index in [2.05, 4.69) is 26.2 Å². The molecule has 2 N–H and O–H groups in total. The standard InChI is InChI=1S/C11H12BrN3O4/c1-6(9(16)15-11(18)13-2)19-10(17)7-3-8(12)5-14-4-7/h3-6H,1-2H3,(H2,13,15,16,18)/t6-/m0/s1. The van der Waals surface area contributed by atoms with Gasteiger partial charge in [-0.3, -0.25) is 15.1 Å². The Morgan fingerprint density at radius 3 is 2.63 bits per heavy atom. The second-order valence-corrected chi connectivity index (χ2v) is 4.42. The lowest BCUT2D eigenvalue weighted by atomic mass is 10.3. The number of halogens is 1. The second-order valence-electron chi connectivity index (χ2n) is 3.51. The number of carbonyl (C=O) groups is 3. The molecular formula is C11H12BrN3O4. The first-order valence-corrected chi connectivity index (χ1v) is 6.07. The maximum absolute atomic E-state index is 11.7. The highest BCUT2D eigenvalue weighted by atomic mass is 79.9. The predicted molar refractivity (Wildman–Crippen MR) is 69.4 cm³/mol. The van der Waals surface area contributed by atoms with Crippen molar-refractivity contribution in [1.82, 2.24) is 15.6 Å². The van der Waals surface area contributed by atoms with Crippen LogP contribution < -0.4 is 10.6 Å². The molecule has 19 heavy (non-hydrogen) atoms. The molecule has 8 heteroatoms. The van der Waals surface area contributed by atoms with Gasteiger partial charge in [-0.2, -0.15) is 0 Å². The Kier molecular flexibility index (Phi) is 5.43. The number of amides is 3. The van der Waals surface area contributed by atoms with E-state index in [0.29, 0.717) is 4.47 Å². The number of nitrogens with zero attached hydrogens (tertiary/aromatic N) is 1. The van der Waals surface area contributed by atoms with Gasteiger partial charge in [0.1, 0.15) is 0 Å². The zero-order valence-corrected chi connectivity index (χ0v) is 11.9. The van der Waals surface area contributed by atoms with Crippen molar-refractivity contribution in [3.63, 3.8) is 0 Å². The number of imide groups is 1. The van der Waals surface area contributed by atoms with Gasteiger partial charge in [-0.1, -0.05) is 0 Å². The fourth-order valence-corrected chi connectivity index (χ4v) is 1.45. The summed E-state index contributed by atoms with van der Waals surface area (Å²) >= 11 is 3.17. The summed E-state index contributed by atoms with van der Waals surface area (Å²) in [6.45, 7) is 1.36. The van der Waals surface area contributed by atoms with Crippen molar-refractivity contribution in [2.24, 2.45) is 0 Å². The largest absolute Gasteiger partial charge is 0.449 e. The van der Waals surface area contributed by atoms with Crippen LogP contribution in [0.5, 0.6) is 0 Å². The van der Waals surface area contributed by atoms with Crippen LogP contribution in [0.15, 0.2) is 22.9 Å². The number of hydrogen-bond donors (Lipinski definition) is 2. The fourth-order valence-electron chi connectivity index (χ4n) is 1.08. The molecule has 7 nitrogen and oxygen atoms in total. The van der Waals surface area contributed by atoms with Crippen LogP contribution in [0, 0.1) is 0 Å². The molecule has 3 amide bonds. The van der Waals surface area contributed by atoms with E-state index in [-0.39, 0.29) is 5.56 Å². The first-order valence-electron chi connectivity index (χ1n) is 5.28. The third kappa shape index (κ3) is 4.66. The smallest absolute Gasteiger partial charge is 0.340 e. The number of aromatic nitrogens is 1. The minimum Gasteiger partial charge on any atom is -0.449 e. The summed E-state index contributed by atoms with van der Waals surface area (Å²) in [6.07, 6.45) is 1.73. The highest BCUT2D eigenvalue weighted by Gasteiger charge is 2.20. The third-order valence-corrected chi connectivity index (χ3v) is 2.49. The first-order chi connectivity index (χ1) is 8.93. The number of urea groups is 1. The molecule has 0 spiro atoms. The molecule has 0 saturated carbocycles. The summed E-state index contributed by atoms with van der Waals surface area (Å²) in [5, 5.41) is 4.22. The molecule has 1 rings (SSSR count). The summed E-state index contributed by atoms with van der Waals surface area (Å²) in [7, 11) is 1.37. The van der Waals surface area contributed by atoms with Crippen molar-refractivity contribution in [2.75, 3.05) is 7.05 Å². The van der Waals surface area contributed by atoms with Gasteiger partial charge in [0.15, 0.2) is 6.10 Å². The van der Waals surface area contributed by atoms with Crippen LogP contribution >= 0.6 is 15.9 Å². The van der Waals surface area contributed by atoms with E-state index in [9.17, 15) is 14.4 Å². The number of hydrogen-bond acceptors (Lipinski definition) is 5. The summed E-state index contributed by atoms with van der Waals surface area (Å²) in [5.74, 6) is -1.41. The first kappa shape index (κ1) is 15.1. The van der Waals surface area contributed by atoms with Crippen molar-refractivity contribution in [3.8, 4) is 0 Å². The molecule has 0 bridgehead atoms. The van der Waals surface area contributed by atoms with Crippen LogP contribution in [0.2, 0.25) is 0 Å². The topological polar surface area (TPSA) is 97.4 Å². The average Bonchev–Trinajstić information content (AvgIpc) is 2.38. The fraction of sp³-hybridized carbons (Fsp3) is 0.273. The summed E-state index contributed by atoms with van der Waals surface area (Å²) in [4.78, 5) is 37.9. The number of nitrogens with one attached hydrogen (secondary N) is 2. The predicted octanol–water partition coefficient (Wildman–Crippen LogP) is 0.845. The molecule has 1 atom stereocenters. The van der Waals surface area contributed by atoms with E-state index in [1.807, 2.05) is 5.32 Å². The maximum Gasteiger partial charge on any atom is 0.340 e. The highest BCUT2D eigenvalue weighted by molar-refractivity contribution is 9.10. The van der Waals surface area contributed by atoms with Gasteiger partial charge in [0.05, 0.1) is 5.56 Å². The van der Waals surface area contributed by atoms with Gasteiger partial charge < -0.3 is 10.1 Å². The zero-order valence-electron chi connectivity index (χ0n) is 10.3. The maximum atomic E-state index is 11.7. The Balaban J connectivity index is 2.61. The minimum atomic E-state index is -1.09. The van der Waals surface area contributed by atoms with Crippen molar-refractivity contribution in [2.45, 2.75) is 13.0 Å². The van der Waals surface area contributed by atoms with Crippen molar-refractivity contribution >= 4 is 33.8 Å². The number of carbonyl (C=O) groups excluding carboxylic acids is 3. The van der Waals surface area contributed by atoms with Gasteiger partial charge in [0.2, 0.25) is 0 Å². The van der Waals surface area contributed by atoms with E-state index in [1.54, 1.807) is 0 Å². The van der Waals surface area contributed by atoms with E-state index >= 15 is 0 Å². The molecule has 0 aliphatic heterocycles. The zero-order chi connectivity index (χ0) is 14.4. The van der Waals surface area contributed by atoms with Crippen molar-refractivity contribution in [1.29, 1.82) is 0 Å². The Labute approximate surface area is 117 Å². The highest BCUT2D eigenvalue weighted by Crippen LogP contribution is 2.11. The van der Waals surface area contributed by atoms with E-state index in [0.717, 1.165) is 0 Å². The van der Waals surface area contributed by atoms with Crippen LogP contribution in [0.3, 0.4) is 0 Å². The van der Waals surface area contributed by atoms with Crippen LogP contribution in [-0.4, -0.2) is 36.0 Å². The number of ether oxygens (including phenoxy) is 1. The van der Waals surface area contributed by atoms with E-state index in [1.165, 1.54) is 32.4 Å². The number of esters is 1. The molecule has 1 aromatic heterocycles. The second kappa shape index (κ2) is 6.83. The molecular weight excluding hydrogens is 318 g/mol. The van der Waals surface area contributed by atoms with Crippen LogP contribution in [0.25, 0.3) is 0 Å². The van der Waals surface area contributed by atoms with Gasteiger partial charge in [-0.05, 0) is 28.9 Å². The monoisotopic (exact) mass is 329 g/mol. The summed E-state index contributed by atoms with van der Waals surface area (Å²) in [5.41, 5.74) is 0.203. The molecule has 1 aromatic rings. The molecule has 1 heterocycles. The Hall–Kier alpha value is -1.96. The van der Waals surface area contributed by atoms with Gasteiger partial charge in [0.25, 0.3) is 5.91 Å². The van der Waals surface area contributed by atoms with Gasteiger partial charge in [-0.15, -0.1) is 0 Å². The molecule has 0 aromatic carbocycles. The molecule has 0 saturated heterocycles. The lowest BCUT2D eigenvalue weighted by molar-refractivity contribution is -0.127. The molecule has 0 aliphatic rings. The Morgan fingerprint density at radius 2 is 2.05 bits per heavy atom. The quantitative estimate of drug-likeness (QED) is 0.801. The molecule has 0 radical (unpaired) electrons. The molecule has 102 valence electrons. The van der Waals surface area contributed by atoms with E-state index < -0.39 is 24.0 Å². The van der Waals surface area contributed by atoms with E-state index in [4.69, 9.17) is 4.74 Å². The Bertz CT molecular complexity index is 506.